The molecule has 2 rings (SSSR count). The van der Waals surface area contributed by atoms with Crippen LogP contribution in [0.4, 0.5) is 13.2 Å². The lowest BCUT2D eigenvalue weighted by molar-refractivity contribution is -0.139. The molecular weight excluding hydrogens is 412 g/mol. The molecule has 0 aromatic heterocycles. The van der Waals surface area contributed by atoms with Crippen LogP contribution in [-0.2, 0) is 0 Å². The lowest BCUT2D eigenvalue weighted by atomic mass is 9.96. The van der Waals surface area contributed by atoms with Gasteiger partial charge in [0.05, 0.1) is 26.5 Å². The number of aryl methyl sites for hydroxylation is 1. The number of allylic oxidation sites excluding steroid dienone is 1. The molecule has 0 radical (unpaired) electrons. The topological polar surface area (TPSA) is 37.3 Å². The van der Waals surface area contributed by atoms with Crippen molar-refractivity contribution < 1.29 is 23.1 Å². The van der Waals surface area contributed by atoms with E-state index >= 15 is 0 Å². The lowest BCUT2D eigenvalue weighted by Gasteiger charge is -2.18. The molecule has 8 heteroatoms. The van der Waals surface area contributed by atoms with Crippen LogP contribution in [0.5, 0.6) is 0 Å². The molecule has 1 N–H and O–H groups in total. The standard InChI is InChI=1S/C18H12Cl3F3O2/c1-9-6-10(2-4-12(9)17(25)26)3-5-13(18(22,23)24)11-7-14(19)16(21)15(20)8-11/h2-8,13H,1H3,(H,25,26). The van der Waals surface area contributed by atoms with Gasteiger partial charge in [-0.1, -0.05) is 59.1 Å². The van der Waals surface area contributed by atoms with E-state index in [9.17, 15) is 18.0 Å². The highest BCUT2D eigenvalue weighted by Gasteiger charge is 2.39. The summed E-state index contributed by atoms with van der Waals surface area (Å²) in [6.45, 7) is 1.57. The van der Waals surface area contributed by atoms with E-state index in [2.05, 4.69) is 0 Å². The number of carbonyl (C=O) groups is 1. The fourth-order valence-corrected chi connectivity index (χ4v) is 3.01. The molecule has 0 aliphatic heterocycles. The van der Waals surface area contributed by atoms with Gasteiger partial charge in [0.15, 0.2) is 0 Å². The van der Waals surface area contributed by atoms with E-state index in [4.69, 9.17) is 39.9 Å². The average molecular weight is 424 g/mol. The Balaban J connectivity index is 2.42. The van der Waals surface area contributed by atoms with Crippen molar-refractivity contribution in [3.05, 3.63) is 73.7 Å². The van der Waals surface area contributed by atoms with Gasteiger partial charge in [-0.15, -0.1) is 0 Å². The van der Waals surface area contributed by atoms with E-state index in [-0.39, 0.29) is 26.2 Å². The summed E-state index contributed by atoms with van der Waals surface area (Å²) in [6.07, 6.45) is -2.34. The Morgan fingerprint density at radius 1 is 1.12 bits per heavy atom. The Labute approximate surface area is 162 Å². The molecule has 1 unspecified atom stereocenters. The molecule has 0 fully saturated rings. The minimum atomic E-state index is -4.58. The van der Waals surface area contributed by atoms with Crippen LogP contribution < -0.4 is 0 Å². The SMILES string of the molecule is Cc1cc(C=CC(c2cc(Cl)c(Cl)c(Cl)c2)C(F)(F)F)ccc1C(=O)O. The van der Waals surface area contributed by atoms with Crippen LogP contribution >= 0.6 is 34.8 Å². The summed E-state index contributed by atoms with van der Waals surface area (Å²) < 4.78 is 40.4. The molecule has 0 aliphatic carbocycles. The number of benzene rings is 2. The third kappa shape index (κ3) is 4.72. The first kappa shape index (κ1) is 20.6. The molecule has 0 spiro atoms. The van der Waals surface area contributed by atoms with Crippen molar-refractivity contribution in [2.75, 3.05) is 0 Å². The number of carboxylic acids is 1. The summed E-state index contributed by atoms with van der Waals surface area (Å²) in [5, 5.41) is 8.85. The van der Waals surface area contributed by atoms with Crippen molar-refractivity contribution in [3.8, 4) is 0 Å². The van der Waals surface area contributed by atoms with E-state index in [1.165, 1.54) is 24.3 Å². The number of alkyl halides is 3. The van der Waals surface area contributed by atoms with Gasteiger partial charge in [0, 0.05) is 0 Å². The maximum Gasteiger partial charge on any atom is 0.399 e. The Hall–Kier alpha value is -1.69. The smallest absolute Gasteiger partial charge is 0.399 e. The quantitative estimate of drug-likeness (QED) is 0.537. The van der Waals surface area contributed by atoms with E-state index in [1.807, 2.05) is 0 Å². The summed E-state index contributed by atoms with van der Waals surface area (Å²) in [4.78, 5) is 11.0. The summed E-state index contributed by atoms with van der Waals surface area (Å²) in [6, 6.07) is 6.52. The number of halogens is 6. The van der Waals surface area contributed by atoms with Crippen LogP contribution in [0.15, 0.2) is 36.4 Å². The third-order valence-corrected chi connectivity index (χ3v) is 4.88. The molecule has 0 amide bonds. The number of hydrogen-bond acceptors (Lipinski definition) is 1. The van der Waals surface area contributed by atoms with Gasteiger partial charge in [-0.05, 0) is 41.8 Å². The monoisotopic (exact) mass is 422 g/mol. The van der Waals surface area contributed by atoms with Gasteiger partial charge in [-0.25, -0.2) is 4.79 Å². The van der Waals surface area contributed by atoms with Crippen LogP contribution in [0.1, 0.15) is 33.0 Å². The van der Waals surface area contributed by atoms with E-state index in [0.717, 1.165) is 18.2 Å². The molecule has 1 atom stereocenters. The number of rotatable bonds is 4. The maximum absolute atomic E-state index is 13.5. The zero-order chi connectivity index (χ0) is 19.6. The Morgan fingerprint density at radius 3 is 2.15 bits per heavy atom. The highest BCUT2D eigenvalue weighted by molar-refractivity contribution is 6.48. The summed E-state index contributed by atoms with van der Waals surface area (Å²) >= 11 is 17.5. The molecule has 2 aromatic rings. The van der Waals surface area contributed by atoms with Gasteiger partial charge in [-0.3, -0.25) is 0 Å². The van der Waals surface area contributed by atoms with Gasteiger partial charge < -0.3 is 5.11 Å². The Bertz CT molecular complexity index is 853. The fraction of sp³-hybridized carbons (Fsp3) is 0.167. The van der Waals surface area contributed by atoms with Crippen LogP contribution in [0.25, 0.3) is 6.08 Å². The number of hydrogen-bond donors (Lipinski definition) is 1. The van der Waals surface area contributed by atoms with Gasteiger partial charge in [0.25, 0.3) is 0 Å². The van der Waals surface area contributed by atoms with Crippen LogP contribution in [0.3, 0.4) is 0 Å². The molecule has 2 nitrogen and oxygen atoms in total. The van der Waals surface area contributed by atoms with Crippen LogP contribution in [0, 0.1) is 6.92 Å². The minimum absolute atomic E-state index is 0.0122. The van der Waals surface area contributed by atoms with Crippen molar-refractivity contribution in [2.45, 2.75) is 19.0 Å². The van der Waals surface area contributed by atoms with Crippen molar-refractivity contribution in [3.63, 3.8) is 0 Å². The summed E-state index contributed by atoms with van der Waals surface area (Å²) in [7, 11) is 0. The van der Waals surface area contributed by atoms with E-state index < -0.39 is 18.1 Å². The van der Waals surface area contributed by atoms with Crippen molar-refractivity contribution in [2.24, 2.45) is 0 Å². The zero-order valence-corrected chi connectivity index (χ0v) is 15.5. The van der Waals surface area contributed by atoms with E-state index in [1.54, 1.807) is 6.92 Å². The predicted octanol–water partition coefficient (Wildman–Crippen LogP) is 7.01. The molecule has 0 aliphatic rings. The molecule has 0 saturated carbocycles. The summed E-state index contributed by atoms with van der Waals surface area (Å²) in [5.74, 6) is -3.05. The van der Waals surface area contributed by atoms with Gasteiger partial charge >= 0.3 is 12.1 Å². The molecule has 0 saturated heterocycles. The number of carboxylic acid groups (broad SMARTS) is 1. The first-order valence-electron chi connectivity index (χ1n) is 7.24. The molecular formula is C18H12Cl3F3O2. The third-order valence-electron chi connectivity index (χ3n) is 3.68. The van der Waals surface area contributed by atoms with Crippen LogP contribution in [0.2, 0.25) is 15.1 Å². The normalized spacial score (nSPS) is 13.2. The predicted molar refractivity (Wildman–Crippen MR) is 97.4 cm³/mol. The molecule has 0 bridgehead atoms. The number of aromatic carboxylic acids is 1. The highest BCUT2D eigenvalue weighted by Crippen LogP contribution is 2.41. The second kappa shape index (κ2) is 7.91. The van der Waals surface area contributed by atoms with Gasteiger partial charge in [0.1, 0.15) is 0 Å². The van der Waals surface area contributed by atoms with Gasteiger partial charge in [0.2, 0.25) is 0 Å². The largest absolute Gasteiger partial charge is 0.478 e. The first-order valence-corrected chi connectivity index (χ1v) is 8.37. The Morgan fingerprint density at radius 2 is 1.69 bits per heavy atom. The molecule has 0 heterocycles. The molecule has 26 heavy (non-hydrogen) atoms. The second-order valence-electron chi connectivity index (χ2n) is 5.56. The summed E-state index contributed by atoms with van der Waals surface area (Å²) in [5.41, 5.74) is 0.825. The molecule has 138 valence electrons. The maximum atomic E-state index is 13.5. The average Bonchev–Trinajstić information content (AvgIpc) is 2.51. The van der Waals surface area contributed by atoms with Crippen molar-refractivity contribution in [1.82, 2.24) is 0 Å². The first-order chi connectivity index (χ1) is 12.0. The van der Waals surface area contributed by atoms with Crippen molar-refractivity contribution >= 4 is 46.8 Å². The lowest BCUT2D eigenvalue weighted by Crippen LogP contribution is -2.19. The highest BCUT2D eigenvalue weighted by atomic mass is 35.5. The second-order valence-corrected chi connectivity index (χ2v) is 6.75. The zero-order valence-electron chi connectivity index (χ0n) is 13.2. The van der Waals surface area contributed by atoms with E-state index in [0.29, 0.717) is 11.1 Å². The minimum Gasteiger partial charge on any atom is -0.478 e. The Kier molecular flexibility index (Phi) is 6.27. The van der Waals surface area contributed by atoms with Crippen molar-refractivity contribution in [1.29, 1.82) is 0 Å². The fourth-order valence-electron chi connectivity index (χ4n) is 2.40. The molecule has 2 aromatic carbocycles. The van der Waals surface area contributed by atoms with Crippen LogP contribution in [-0.4, -0.2) is 17.3 Å². The van der Waals surface area contributed by atoms with Gasteiger partial charge in [-0.2, -0.15) is 13.2 Å².